The van der Waals surface area contributed by atoms with E-state index in [1.807, 2.05) is 24.5 Å². The number of carbonyl (C=O) groups excluding carboxylic acids is 2. The molecule has 0 aliphatic carbocycles. The van der Waals surface area contributed by atoms with Crippen molar-refractivity contribution >= 4 is 35.0 Å². The highest BCUT2D eigenvalue weighted by Gasteiger charge is 2.55. The van der Waals surface area contributed by atoms with Gasteiger partial charge in [0.15, 0.2) is 12.1 Å². The molecule has 0 radical (unpaired) electrons. The van der Waals surface area contributed by atoms with Gasteiger partial charge in [-0.1, -0.05) is 11.3 Å². The molecule has 2 aliphatic heterocycles. The van der Waals surface area contributed by atoms with Gasteiger partial charge in [-0.2, -0.15) is 5.11 Å². The Balaban J connectivity index is 1.70. The quantitative estimate of drug-likeness (QED) is 0.569. The van der Waals surface area contributed by atoms with Crippen LogP contribution in [-0.2, 0) is 9.59 Å². The third kappa shape index (κ3) is 2.88. The van der Waals surface area contributed by atoms with Crippen molar-refractivity contribution in [3.63, 3.8) is 0 Å². The molecule has 8 nitrogen and oxygen atoms in total. The predicted octanol–water partition coefficient (Wildman–Crippen LogP) is 2.92. The van der Waals surface area contributed by atoms with Crippen LogP contribution in [0.25, 0.3) is 0 Å². The zero-order valence-corrected chi connectivity index (χ0v) is 16.3. The first-order valence-electron chi connectivity index (χ1n) is 8.52. The third-order valence-corrected chi connectivity index (χ3v) is 5.42. The number of imide groups is 1. The molecule has 9 heteroatoms. The maximum Gasteiger partial charge on any atom is 0.263 e. The van der Waals surface area contributed by atoms with Gasteiger partial charge in [0.2, 0.25) is 0 Å². The van der Waals surface area contributed by atoms with E-state index in [9.17, 15) is 9.59 Å². The van der Waals surface area contributed by atoms with Crippen LogP contribution in [0.2, 0.25) is 0 Å². The largest absolute Gasteiger partial charge is 0.497 e. The lowest BCUT2D eigenvalue weighted by Crippen LogP contribution is -2.39. The van der Waals surface area contributed by atoms with E-state index in [1.165, 1.54) is 24.1 Å². The number of amides is 2. The van der Waals surface area contributed by atoms with Crippen LogP contribution in [-0.4, -0.2) is 44.4 Å². The standard InChI is InChI=1S/C19H18N4O4S/c1-26-13-7-12(8-14(10-13)27-2)23-17-16(20-21-23)18(24)22(19(17)25)11-5-4-6-15(9-11)28-3/h4-10,16-17H,1-3H3/t16-,17-/m1/s1. The summed E-state index contributed by atoms with van der Waals surface area (Å²) in [4.78, 5) is 28.2. The molecule has 1 fully saturated rings. The Kier molecular flexibility index (Phi) is 4.68. The zero-order valence-electron chi connectivity index (χ0n) is 15.5. The van der Waals surface area contributed by atoms with Crippen LogP contribution in [0.15, 0.2) is 57.7 Å². The van der Waals surface area contributed by atoms with E-state index in [1.54, 1.807) is 36.0 Å². The van der Waals surface area contributed by atoms with E-state index < -0.39 is 12.1 Å². The van der Waals surface area contributed by atoms with Crippen molar-refractivity contribution in [1.29, 1.82) is 0 Å². The van der Waals surface area contributed by atoms with Crippen molar-refractivity contribution in [3.8, 4) is 11.5 Å². The van der Waals surface area contributed by atoms with Crippen molar-refractivity contribution in [1.82, 2.24) is 0 Å². The van der Waals surface area contributed by atoms with Crippen LogP contribution in [0.5, 0.6) is 11.5 Å². The van der Waals surface area contributed by atoms with Gasteiger partial charge in [0, 0.05) is 23.1 Å². The first kappa shape index (κ1) is 18.3. The van der Waals surface area contributed by atoms with Crippen molar-refractivity contribution in [2.45, 2.75) is 17.0 Å². The van der Waals surface area contributed by atoms with Gasteiger partial charge in [-0.15, -0.1) is 11.8 Å². The highest BCUT2D eigenvalue weighted by molar-refractivity contribution is 7.98. The van der Waals surface area contributed by atoms with Crippen molar-refractivity contribution in [3.05, 3.63) is 42.5 Å². The molecule has 1 saturated heterocycles. The molecular weight excluding hydrogens is 380 g/mol. The summed E-state index contributed by atoms with van der Waals surface area (Å²) in [5.74, 6) is 0.359. The summed E-state index contributed by atoms with van der Waals surface area (Å²) in [5.41, 5.74) is 1.10. The maximum absolute atomic E-state index is 13.2. The highest BCUT2D eigenvalue weighted by Crippen LogP contribution is 2.38. The zero-order chi connectivity index (χ0) is 19.8. The van der Waals surface area contributed by atoms with Gasteiger partial charge in [-0.05, 0) is 24.5 Å². The van der Waals surface area contributed by atoms with Crippen molar-refractivity contribution in [2.75, 3.05) is 30.4 Å². The number of hydrogen-bond donors (Lipinski definition) is 0. The van der Waals surface area contributed by atoms with Gasteiger partial charge in [-0.25, -0.2) is 9.91 Å². The summed E-state index contributed by atoms with van der Waals surface area (Å²) in [6.07, 6.45) is 1.94. The lowest BCUT2D eigenvalue weighted by atomic mass is 10.1. The molecule has 4 rings (SSSR count). The highest BCUT2D eigenvalue weighted by atomic mass is 32.2. The average Bonchev–Trinajstić information content (AvgIpc) is 3.27. The summed E-state index contributed by atoms with van der Waals surface area (Å²) < 4.78 is 10.6. The summed E-state index contributed by atoms with van der Waals surface area (Å²) in [5, 5.41) is 9.60. The van der Waals surface area contributed by atoms with Gasteiger partial charge >= 0.3 is 0 Å². The first-order chi connectivity index (χ1) is 13.6. The molecule has 28 heavy (non-hydrogen) atoms. The fourth-order valence-corrected chi connectivity index (χ4v) is 3.76. The second kappa shape index (κ2) is 7.16. The number of carbonyl (C=O) groups is 2. The smallest absolute Gasteiger partial charge is 0.263 e. The van der Waals surface area contributed by atoms with E-state index in [4.69, 9.17) is 9.47 Å². The van der Waals surface area contributed by atoms with E-state index in [2.05, 4.69) is 10.3 Å². The second-order valence-corrected chi connectivity index (χ2v) is 7.10. The summed E-state index contributed by atoms with van der Waals surface area (Å²) in [7, 11) is 3.08. The van der Waals surface area contributed by atoms with E-state index in [-0.39, 0.29) is 11.8 Å². The second-order valence-electron chi connectivity index (χ2n) is 6.22. The molecule has 2 heterocycles. The van der Waals surface area contributed by atoms with Crippen LogP contribution in [0.1, 0.15) is 0 Å². The molecule has 0 aromatic heterocycles. The van der Waals surface area contributed by atoms with E-state index in [0.717, 1.165) is 4.90 Å². The van der Waals surface area contributed by atoms with Gasteiger partial charge in [0.1, 0.15) is 11.5 Å². The summed E-state index contributed by atoms with van der Waals surface area (Å²) in [6, 6.07) is 10.8. The topological polar surface area (TPSA) is 83.8 Å². The predicted molar refractivity (Wildman–Crippen MR) is 105 cm³/mol. The fourth-order valence-electron chi connectivity index (χ4n) is 3.30. The Morgan fingerprint density at radius 1 is 0.964 bits per heavy atom. The first-order valence-corrected chi connectivity index (χ1v) is 9.75. The van der Waals surface area contributed by atoms with Crippen LogP contribution in [0, 0.1) is 0 Å². The minimum atomic E-state index is -0.873. The van der Waals surface area contributed by atoms with Gasteiger partial charge in [-0.3, -0.25) is 9.59 Å². The number of thioether (sulfide) groups is 1. The van der Waals surface area contributed by atoms with Gasteiger partial charge in [0.05, 0.1) is 25.6 Å². The minimum absolute atomic E-state index is 0.361. The molecule has 0 saturated carbocycles. The van der Waals surface area contributed by atoms with Gasteiger partial charge < -0.3 is 9.47 Å². The monoisotopic (exact) mass is 398 g/mol. The molecule has 0 spiro atoms. The Morgan fingerprint density at radius 2 is 1.68 bits per heavy atom. The van der Waals surface area contributed by atoms with Crippen LogP contribution in [0.3, 0.4) is 0 Å². The van der Waals surface area contributed by atoms with Crippen LogP contribution >= 0.6 is 11.8 Å². The van der Waals surface area contributed by atoms with Crippen molar-refractivity contribution in [2.24, 2.45) is 10.3 Å². The molecule has 2 atom stereocenters. The lowest BCUT2D eigenvalue weighted by molar-refractivity contribution is -0.121. The Bertz CT molecular complexity index is 958. The van der Waals surface area contributed by atoms with Crippen molar-refractivity contribution < 1.29 is 19.1 Å². The van der Waals surface area contributed by atoms with E-state index in [0.29, 0.717) is 22.9 Å². The Morgan fingerprint density at radius 3 is 2.32 bits per heavy atom. The molecule has 0 unspecified atom stereocenters. The summed E-state index contributed by atoms with van der Waals surface area (Å²) in [6.45, 7) is 0. The number of anilines is 2. The number of rotatable bonds is 5. The van der Waals surface area contributed by atoms with Crippen LogP contribution in [0.4, 0.5) is 11.4 Å². The normalized spacial score (nSPS) is 20.7. The molecule has 0 bridgehead atoms. The molecule has 2 aromatic rings. The molecule has 2 aliphatic rings. The number of benzene rings is 2. The molecule has 2 aromatic carbocycles. The third-order valence-electron chi connectivity index (χ3n) is 4.69. The molecule has 2 amide bonds. The van der Waals surface area contributed by atoms with E-state index >= 15 is 0 Å². The lowest BCUT2D eigenvalue weighted by Gasteiger charge is -2.21. The minimum Gasteiger partial charge on any atom is -0.497 e. The molecule has 0 N–H and O–H groups in total. The summed E-state index contributed by atoms with van der Waals surface area (Å²) >= 11 is 1.54. The average molecular weight is 398 g/mol. The SMILES string of the molecule is COc1cc(OC)cc(N2N=N[C@H]3C(=O)N(c4cccc(SC)c4)C(=O)[C@@H]32)c1. The Hall–Kier alpha value is -3.07. The number of methoxy groups -OCH3 is 2. The Labute approximate surface area is 166 Å². The maximum atomic E-state index is 13.2. The van der Waals surface area contributed by atoms with Crippen LogP contribution < -0.4 is 19.4 Å². The fraction of sp³-hybridized carbons (Fsp3) is 0.263. The number of hydrogen-bond acceptors (Lipinski definition) is 8. The number of fused-ring (bicyclic) bond motifs is 1. The molecular formula is C19H18N4O4S. The van der Waals surface area contributed by atoms with Gasteiger partial charge in [0.25, 0.3) is 11.8 Å². The molecule has 144 valence electrons. The number of ether oxygens (including phenoxy) is 2. The number of nitrogens with zero attached hydrogens (tertiary/aromatic N) is 4.